The lowest BCUT2D eigenvalue weighted by molar-refractivity contribution is 0.427. The molecule has 21 heavy (non-hydrogen) atoms. The number of hydrogen-bond acceptors (Lipinski definition) is 1. The average Bonchev–Trinajstić information content (AvgIpc) is 2.73. The Morgan fingerprint density at radius 1 is 0.905 bits per heavy atom. The summed E-state index contributed by atoms with van der Waals surface area (Å²) in [6, 6.07) is 19.5. The van der Waals surface area contributed by atoms with Crippen LogP contribution in [0, 0.1) is 0 Å². The fourth-order valence-electron chi connectivity index (χ4n) is 3.19. The van der Waals surface area contributed by atoms with Crippen LogP contribution in [-0.4, -0.2) is 12.2 Å². The third-order valence-electron chi connectivity index (χ3n) is 4.28. The largest absolute Gasteiger partial charge is 0.296 e. The first kappa shape index (κ1) is 14.3. The van der Waals surface area contributed by atoms with Gasteiger partial charge in [-0.25, -0.2) is 0 Å². The lowest BCUT2D eigenvalue weighted by Gasteiger charge is -2.20. The van der Waals surface area contributed by atoms with Crippen LogP contribution >= 0.6 is 0 Å². The van der Waals surface area contributed by atoms with Crippen LogP contribution < -0.4 is 11.1 Å². The van der Waals surface area contributed by atoms with E-state index in [4.69, 9.17) is 0 Å². The van der Waals surface area contributed by atoms with E-state index in [0.29, 0.717) is 6.04 Å². The molecule has 0 spiro atoms. The molecule has 2 atom stereocenters. The van der Waals surface area contributed by atoms with Gasteiger partial charge in [0.25, 0.3) is 0 Å². The van der Waals surface area contributed by atoms with Gasteiger partial charge in [0.1, 0.15) is 0 Å². The van der Waals surface area contributed by atoms with Crippen LogP contribution in [0.4, 0.5) is 0 Å². The molecule has 3 rings (SSSR count). The smallest absolute Gasteiger partial charge is 0.0928 e. The highest BCUT2D eigenvalue weighted by Crippen LogP contribution is 2.25. The minimum absolute atomic E-state index is 0.346. The maximum absolute atomic E-state index is 9.91. The highest BCUT2D eigenvalue weighted by molar-refractivity contribution is 5.67. The molecule has 0 amide bonds. The Morgan fingerprint density at radius 2 is 1.62 bits per heavy atom. The molecule has 0 bridgehead atoms. The molecule has 108 valence electrons. The lowest BCUT2D eigenvalue weighted by Crippen LogP contribution is -2.38. The lowest BCUT2D eigenvalue weighted by atomic mass is 9.94. The van der Waals surface area contributed by atoms with Gasteiger partial charge in [0.15, 0.2) is 0 Å². The van der Waals surface area contributed by atoms with Crippen molar-refractivity contribution in [3.8, 4) is 11.1 Å². The predicted molar refractivity (Wildman–Crippen MR) is 86.9 cm³/mol. The summed E-state index contributed by atoms with van der Waals surface area (Å²) < 4.78 is 0. The van der Waals surface area contributed by atoms with Gasteiger partial charge in [-0.05, 0) is 36.0 Å². The van der Waals surface area contributed by atoms with E-state index < -0.39 is 0 Å². The molecule has 1 fully saturated rings. The molecule has 1 N–H and O–H groups in total. The molecule has 0 aliphatic carbocycles. The van der Waals surface area contributed by atoms with Crippen LogP contribution in [0.2, 0.25) is 0 Å². The van der Waals surface area contributed by atoms with E-state index in [0.717, 1.165) is 25.7 Å². The Kier molecular flexibility index (Phi) is 4.69. The Balaban J connectivity index is 1.82. The number of hydrogen-bond donors (Lipinski definition) is 1. The first-order valence-corrected chi connectivity index (χ1v) is 7.90. The van der Waals surface area contributed by atoms with E-state index in [9.17, 15) is 5.73 Å². The molecule has 2 unspecified atom stereocenters. The summed E-state index contributed by atoms with van der Waals surface area (Å²) in [7, 11) is 0. The average molecular weight is 278 g/mol. The zero-order chi connectivity index (χ0) is 14.5. The number of rotatable bonds is 3. The van der Waals surface area contributed by atoms with Crippen molar-refractivity contribution >= 4 is 0 Å². The number of benzene rings is 2. The van der Waals surface area contributed by atoms with Crippen LogP contribution in [0.3, 0.4) is 0 Å². The monoisotopic (exact) mass is 278 g/mol. The normalized spacial score (nSPS) is 22.7. The van der Waals surface area contributed by atoms with E-state index in [2.05, 4.69) is 59.9 Å². The summed E-state index contributed by atoms with van der Waals surface area (Å²) in [5.74, 6) is 0. The third kappa shape index (κ3) is 3.72. The molecule has 2 heteroatoms. The summed E-state index contributed by atoms with van der Waals surface area (Å²) >= 11 is 0. The van der Waals surface area contributed by atoms with Gasteiger partial charge in [-0.15, -0.1) is 5.73 Å². The summed E-state index contributed by atoms with van der Waals surface area (Å²) in [4.78, 5) is 0. The first-order chi connectivity index (χ1) is 10.3. The highest BCUT2D eigenvalue weighted by Gasteiger charge is 2.18. The zero-order valence-corrected chi connectivity index (χ0v) is 12.3. The summed E-state index contributed by atoms with van der Waals surface area (Å²) in [6.45, 7) is 0. The van der Waals surface area contributed by atoms with E-state index >= 15 is 0 Å². The van der Waals surface area contributed by atoms with Gasteiger partial charge >= 0.3 is 0 Å². The molecule has 1 heterocycles. The Hall–Kier alpha value is -1.64. The van der Waals surface area contributed by atoms with Gasteiger partial charge in [0, 0.05) is 6.04 Å². The summed E-state index contributed by atoms with van der Waals surface area (Å²) in [5.41, 5.74) is 13.8. The van der Waals surface area contributed by atoms with Gasteiger partial charge in [0.05, 0.1) is 6.17 Å². The van der Waals surface area contributed by atoms with Crippen molar-refractivity contribution in [1.29, 1.82) is 0 Å². The molecule has 0 saturated carbocycles. The molecule has 2 aromatic rings. The Bertz CT molecular complexity index is 565. The minimum Gasteiger partial charge on any atom is -0.296 e. The summed E-state index contributed by atoms with van der Waals surface area (Å²) in [5, 5.41) is 3.36. The summed E-state index contributed by atoms with van der Waals surface area (Å²) in [6.07, 6.45) is 4.95. The molecule has 1 aliphatic rings. The van der Waals surface area contributed by atoms with Gasteiger partial charge in [-0.3, -0.25) is 5.32 Å². The standard InChI is InChI=1S/C19H22N2/c20-19-13-7-5-11-17(21-19)14-16-10-4-6-12-18(16)15-8-2-1-3-9-15/h1-4,6,8-10,12,17,19,21H,5,7,11,13-14H2. The topological polar surface area (TPSA) is 34.3 Å². The van der Waals surface area contributed by atoms with E-state index in [-0.39, 0.29) is 6.17 Å². The van der Waals surface area contributed by atoms with Gasteiger partial charge < -0.3 is 0 Å². The van der Waals surface area contributed by atoms with Crippen molar-refractivity contribution in [3.05, 3.63) is 60.2 Å². The second-order valence-corrected chi connectivity index (χ2v) is 5.89. The number of nitrogens with zero attached hydrogens (tertiary/aromatic N) is 1. The maximum atomic E-state index is 9.91. The maximum Gasteiger partial charge on any atom is 0.0928 e. The molecule has 1 saturated heterocycles. The van der Waals surface area contributed by atoms with Crippen LogP contribution in [0.25, 0.3) is 11.1 Å². The second-order valence-electron chi connectivity index (χ2n) is 5.89. The fraction of sp³-hybridized carbons (Fsp3) is 0.368. The minimum atomic E-state index is -0.346. The first-order valence-electron chi connectivity index (χ1n) is 7.90. The van der Waals surface area contributed by atoms with E-state index in [1.165, 1.54) is 23.1 Å². The van der Waals surface area contributed by atoms with Gasteiger partial charge in [0.2, 0.25) is 0 Å². The van der Waals surface area contributed by atoms with Crippen molar-refractivity contribution in [1.82, 2.24) is 11.1 Å². The van der Waals surface area contributed by atoms with Gasteiger partial charge in [-0.2, -0.15) is 0 Å². The predicted octanol–water partition coefficient (Wildman–Crippen LogP) is 3.82. The van der Waals surface area contributed by atoms with Crippen molar-refractivity contribution < 1.29 is 0 Å². The van der Waals surface area contributed by atoms with Crippen LogP contribution in [0.1, 0.15) is 31.2 Å². The van der Waals surface area contributed by atoms with Crippen molar-refractivity contribution in [2.24, 2.45) is 0 Å². The number of nitrogens with one attached hydrogen (secondary N) is 1. The van der Waals surface area contributed by atoms with Crippen molar-refractivity contribution in [2.75, 3.05) is 0 Å². The van der Waals surface area contributed by atoms with Crippen molar-refractivity contribution in [2.45, 2.75) is 44.3 Å². The highest BCUT2D eigenvalue weighted by atomic mass is 15.0. The fourth-order valence-corrected chi connectivity index (χ4v) is 3.19. The third-order valence-corrected chi connectivity index (χ3v) is 4.28. The molecule has 2 radical (unpaired) electrons. The Morgan fingerprint density at radius 3 is 2.48 bits per heavy atom. The second kappa shape index (κ2) is 6.88. The van der Waals surface area contributed by atoms with Crippen LogP contribution in [0.15, 0.2) is 54.6 Å². The molecular formula is C19H22N2. The molecule has 2 nitrogen and oxygen atoms in total. The van der Waals surface area contributed by atoms with Gasteiger partial charge in [-0.1, -0.05) is 67.4 Å². The quantitative estimate of drug-likeness (QED) is 0.910. The van der Waals surface area contributed by atoms with E-state index in [1.807, 2.05) is 0 Å². The zero-order valence-electron chi connectivity index (χ0n) is 12.3. The van der Waals surface area contributed by atoms with Crippen LogP contribution in [0.5, 0.6) is 0 Å². The molecule has 1 aliphatic heterocycles. The van der Waals surface area contributed by atoms with E-state index in [1.54, 1.807) is 0 Å². The molecule has 2 aromatic carbocycles. The van der Waals surface area contributed by atoms with Crippen molar-refractivity contribution in [3.63, 3.8) is 0 Å². The SMILES string of the molecule is [N]C1CCCCC(Cc2ccccc2-c2ccccc2)N1. The molecule has 0 aromatic heterocycles. The molecular weight excluding hydrogens is 256 g/mol. The van der Waals surface area contributed by atoms with Crippen LogP contribution in [-0.2, 0) is 6.42 Å². The Labute approximate surface area is 127 Å².